The third kappa shape index (κ3) is 1.84. The van der Waals surface area contributed by atoms with Gasteiger partial charge in [-0.1, -0.05) is 0 Å². The quantitative estimate of drug-likeness (QED) is 0.147. The molecule has 0 bridgehead atoms. The van der Waals surface area contributed by atoms with Gasteiger partial charge in [0.25, 0.3) is 0 Å². The molecule has 0 saturated carbocycles. The van der Waals surface area contributed by atoms with E-state index in [9.17, 15) is 28.8 Å². The minimum Gasteiger partial charge on any atom is -0.507 e. The van der Waals surface area contributed by atoms with Crippen LogP contribution in [0, 0.1) is 0 Å². The van der Waals surface area contributed by atoms with Gasteiger partial charge in [-0.05, 0) is 72.6 Å². The van der Waals surface area contributed by atoms with Crippen LogP contribution in [0.4, 0.5) is 0 Å². The number of aromatic hydroxyl groups is 4. The van der Waals surface area contributed by atoms with Crippen molar-refractivity contribution in [3.8, 4) is 28.7 Å². The molecule has 0 saturated heterocycles. The van der Waals surface area contributed by atoms with Crippen LogP contribution in [0.5, 0.6) is 28.7 Å². The molecular weight excluding hydrogens is 456 g/mol. The number of hydrogen-bond donors (Lipinski definition) is 4. The van der Waals surface area contributed by atoms with Gasteiger partial charge >= 0.3 is 10.1 Å². The molecule has 0 amide bonds. The van der Waals surface area contributed by atoms with E-state index in [1.165, 1.54) is 0 Å². The molecule has 7 nitrogen and oxygen atoms in total. The fourth-order valence-electron chi connectivity index (χ4n) is 6.86. The molecule has 0 fully saturated rings. The summed E-state index contributed by atoms with van der Waals surface area (Å²) in [5.41, 5.74) is 2.75. The topological polar surface area (TPSA) is 124 Å². The Balaban J connectivity index is 1.87. The van der Waals surface area contributed by atoms with Crippen LogP contribution in [0.15, 0.2) is 17.0 Å². The Kier molecular flexibility index (Phi) is 3.04. The van der Waals surface area contributed by atoms with Gasteiger partial charge in [-0.2, -0.15) is 8.42 Å². The summed E-state index contributed by atoms with van der Waals surface area (Å²) in [5, 5.41) is 48.8. The van der Waals surface area contributed by atoms with Crippen LogP contribution in [-0.4, -0.2) is 28.8 Å². The second-order valence-corrected chi connectivity index (χ2v) is 11.1. The van der Waals surface area contributed by atoms with E-state index in [4.69, 9.17) is 4.18 Å². The van der Waals surface area contributed by atoms with Crippen LogP contribution in [-0.2, 0) is 35.8 Å². The maximum absolute atomic E-state index is 13.4. The number of benzene rings is 5. The molecule has 0 aromatic heterocycles. The number of aryl methyl sites for hydroxylation is 4. The summed E-state index contributed by atoms with van der Waals surface area (Å²) in [6.45, 7) is 0. The first-order valence-corrected chi connectivity index (χ1v) is 12.8. The highest BCUT2D eigenvalue weighted by Gasteiger charge is 2.40. The van der Waals surface area contributed by atoms with Crippen LogP contribution < -0.4 is 4.18 Å². The van der Waals surface area contributed by atoms with Crippen molar-refractivity contribution >= 4 is 53.2 Å². The van der Waals surface area contributed by atoms with E-state index in [2.05, 4.69) is 0 Å². The number of hydrogen-bond acceptors (Lipinski definition) is 7. The molecule has 8 rings (SSSR count). The molecule has 0 radical (unpaired) electrons. The van der Waals surface area contributed by atoms with Crippen molar-refractivity contribution in [2.45, 2.75) is 43.4 Å². The smallest absolute Gasteiger partial charge is 0.343 e. The molecule has 2 aliphatic carbocycles. The summed E-state index contributed by atoms with van der Waals surface area (Å²) in [7, 11) is -4.46. The minimum absolute atomic E-state index is 0.0140. The second kappa shape index (κ2) is 5.52. The van der Waals surface area contributed by atoms with Gasteiger partial charge in [-0.15, -0.1) is 0 Å². The van der Waals surface area contributed by atoms with E-state index in [0.29, 0.717) is 75.5 Å². The van der Waals surface area contributed by atoms with Gasteiger partial charge in [0.2, 0.25) is 0 Å². The van der Waals surface area contributed by atoms with Crippen LogP contribution in [0.25, 0.3) is 43.1 Å². The minimum atomic E-state index is -4.46. The fourth-order valence-corrected chi connectivity index (χ4v) is 8.14. The largest absolute Gasteiger partial charge is 0.507 e. The van der Waals surface area contributed by atoms with Gasteiger partial charge in [0.1, 0.15) is 17.2 Å². The second-order valence-electron chi connectivity index (χ2n) is 9.67. The zero-order valence-corrected chi connectivity index (χ0v) is 18.6. The molecule has 3 aliphatic rings. The van der Waals surface area contributed by atoms with Crippen LogP contribution >= 0.6 is 0 Å². The Labute approximate surface area is 192 Å². The van der Waals surface area contributed by atoms with E-state index < -0.39 is 10.1 Å². The molecule has 1 heterocycles. The molecule has 8 heteroatoms. The Morgan fingerprint density at radius 3 is 1.74 bits per heavy atom. The van der Waals surface area contributed by atoms with Gasteiger partial charge in [0, 0.05) is 43.4 Å². The lowest BCUT2D eigenvalue weighted by atomic mass is 9.78. The standard InChI is InChI=1S/C26H18O7S/c27-13-7-9-3-1-5-11-15(9)19-17(13)18-14(28)8-10-4-2-6-12-16(10)20(18)22-21(19)25(23(11)29)33-34(31,32)26(22)24(12)30/h7-8,27-30H,1-6H2. The van der Waals surface area contributed by atoms with E-state index in [0.717, 1.165) is 22.9 Å². The normalized spacial score (nSPS) is 17.9. The SMILES string of the molecule is O=S1(=O)Oc2c(O)c3c4c(cc(O)c5c6c(O)cc7c8c(c(O)c1c(c2c45)c86)CCC7)CCC3. The highest BCUT2D eigenvalue weighted by Crippen LogP contribution is 2.60. The summed E-state index contributed by atoms with van der Waals surface area (Å²) in [4.78, 5) is -0.330. The molecule has 0 unspecified atom stereocenters. The number of phenolic OH excluding ortho intramolecular Hbond substituents is 4. The van der Waals surface area contributed by atoms with Gasteiger partial charge in [-0.25, -0.2) is 0 Å². The Bertz CT molecular complexity index is 1940. The molecule has 170 valence electrons. The number of fused-ring (bicyclic) bond motifs is 1. The average molecular weight is 474 g/mol. The predicted molar refractivity (Wildman–Crippen MR) is 126 cm³/mol. The van der Waals surface area contributed by atoms with Gasteiger partial charge < -0.3 is 24.6 Å². The zero-order chi connectivity index (χ0) is 23.3. The van der Waals surface area contributed by atoms with Gasteiger partial charge in [0.05, 0.1) is 0 Å². The highest BCUT2D eigenvalue weighted by atomic mass is 32.2. The van der Waals surface area contributed by atoms with Crippen molar-refractivity contribution in [2.75, 3.05) is 0 Å². The van der Waals surface area contributed by atoms with E-state index in [-0.39, 0.29) is 39.0 Å². The fraction of sp³-hybridized carbons (Fsp3) is 0.231. The van der Waals surface area contributed by atoms with Crippen LogP contribution in [0.1, 0.15) is 35.1 Å². The number of phenols is 4. The molecule has 4 N–H and O–H groups in total. The molecule has 1 aliphatic heterocycles. The summed E-state index contributed by atoms with van der Waals surface area (Å²) in [6.07, 6.45) is 3.80. The zero-order valence-electron chi connectivity index (χ0n) is 17.8. The Hall–Kier alpha value is -3.65. The molecule has 5 aromatic carbocycles. The first-order valence-electron chi connectivity index (χ1n) is 11.4. The van der Waals surface area contributed by atoms with E-state index in [1.54, 1.807) is 12.1 Å². The first-order chi connectivity index (χ1) is 16.3. The molecule has 5 aromatic rings. The summed E-state index contributed by atoms with van der Waals surface area (Å²) in [6, 6.07) is 3.35. The summed E-state index contributed by atoms with van der Waals surface area (Å²) >= 11 is 0. The Morgan fingerprint density at radius 2 is 1.15 bits per heavy atom. The predicted octanol–water partition coefficient (Wildman–Crippen LogP) is 4.62. The maximum atomic E-state index is 13.4. The third-order valence-electron chi connectivity index (χ3n) is 8.02. The molecule has 0 atom stereocenters. The molecule has 34 heavy (non-hydrogen) atoms. The maximum Gasteiger partial charge on any atom is 0.343 e. The van der Waals surface area contributed by atoms with Gasteiger partial charge in [0.15, 0.2) is 16.4 Å². The lowest BCUT2D eigenvalue weighted by Crippen LogP contribution is -2.18. The van der Waals surface area contributed by atoms with Crippen molar-refractivity contribution in [2.24, 2.45) is 0 Å². The highest BCUT2D eigenvalue weighted by molar-refractivity contribution is 7.87. The van der Waals surface area contributed by atoms with Gasteiger partial charge in [-0.3, -0.25) is 0 Å². The monoisotopic (exact) mass is 474 g/mol. The lowest BCUT2D eigenvalue weighted by molar-refractivity contribution is 0.417. The van der Waals surface area contributed by atoms with Crippen molar-refractivity contribution in [3.05, 3.63) is 34.4 Å². The van der Waals surface area contributed by atoms with E-state index >= 15 is 0 Å². The van der Waals surface area contributed by atoms with Crippen LogP contribution in [0.2, 0.25) is 0 Å². The van der Waals surface area contributed by atoms with Crippen molar-refractivity contribution in [3.63, 3.8) is 0 Å². The van der Waals surface area contributed by atoms with E-state index in [1.807, 2.05) is 0 Å². The first kappa shape index (κ1) is 18.7. The molecular formula is C26H18O7S. The Morgan fingerprint density at radius 1 is 0.618 bits per heavy atom. The number of rotatable bonds is 0. The summed E-state index contributed by atoms with van der Waals surface area (Å²) < 4.78 is 32.3. The van der Waals surface area contributed by atoms with Crippen molar-refractivity contribution in [1.29, 1.82) is 0 Å². The van der Waals surface area contributed by atoms with Crippen molar-refractivity contribution in [1.82, 2.24) is 0 Å². The third-order valence-corrected chi connectivity index (χ3v) is 9.31. The van der Waals surface area contributed by atoms with Crippen molar-refractivity contribution < 1.29 is 33.0 Å². The average Bonchev–Trinajstić information content (AvgIpc) is 2.80. The molecule has 0 spiro atoms. The summed E-state index contributed by atoms with van der Waals surface area (Å²) in [5.74, 6) is -0.786. The lowest BCUT2D eigenvalue weighted by Gasteiger charge is -2.31. The van der Waals surface area contributed by atoms with Crippen LogP contribution in [0.3, 0.4) is 0 Å².